The number of rotatable bonds is 5. The molecule has 0 bridgehead atoms. The third-order valence-corrected chi connectivity index (χ3v) is 5.66. The summed E-state index contributed by atoms with van der Waals surface area (Å²) in [6, 6.07) is 17.5. The van der Waals surface area contributed by atoms with E-state index in [9.17, 15) is 13.2 Å². The van der Waals surface area contributed by atoms with Crippen LogP contribution in [0, 0.1) is 0 Å². The first-order chi connectivity index (χ1) is 13.4. The van der Waals surface area contributed by atoms with Gasteiger partial charge in [-0.25, -0.2) is 13.2 Å². The summed E-state index contributed by atoms with van der Waals surface area (Å²) in [6.07, 6.45) is 2.16. The molecule has 7 heteroatoms. The van der Waals surface area contributed by atoms with E-state index in [1.54, 1.807) is 12.1 Å². The summed E-state index contributed by atoms with van der Waals surface area (Å²) in [7, 11) is -3.04. The van der Waals surface area contributed by atoms with Crippen LogP contribution < -0.4 is 10.2 Å². The monoisotopic (exact) mass is 401 g/mol. The van der Waals surface area contributed by atoms with Gasteiger partial charge in [-0.3, -0.25) is 0 Å². The summed E-state index contributed by atoms with van der Waals surface area (Å²) in [5, 5.41) is 2.97. The van der Waals surface area contributed by atoms with Crippen LogP contribution in [0.25, 0.3) is 0 Å². The fraction of sp³-hybridized carbons (Fsp3) is 0.381. The van der Waals surface area contributed by atoms with Gasteiger partial charge in [0.25, 0.3) is 0 Å². The summed E-state index contributed by atoms with van der Waals surface area (Å²) in [6.45, 7) is 3.61. The van der Waals surface area contributed by atoms with Gasteiger partial charge in [-0.2, -0.15) is 0 Å². The van der Waals surface area contributed by atoms with Gasteiger partial charge in [-0.05, 0) is 29.7 Å². The molecule has 2 aromatic carbocycles. The zero-order chi connectivity index (χ0) is 20.0. The van der Waals surface area contributed by atoms with Crippen LogP contribution in [0.2, 0.25) is 0 Å². The third-order valence-electron chi connectivity index (χ3n) is 4.80. The molecule has 28 heavy (non-hydrogen) atoms. The Labute approximate surface area is 167 Å². The summed E-state index contributed by atoms with van der Waals surface area (Å²) in [5.41, 5.74) is 2.90. The molecule has 0 aliphatic carbocycles. The molecule has 0 atom stereocenters. The highest BCUT2D eigenvalue weighted by Gasteiger charge is 2.19. The van der Waals surface area contributed by atoms with Crippen LogP contribution >= 0.6 is 0 Å². The minimum atomic E-state index is -3.04. The molecule has 1 aliphatic rings. The van der Waals surface area contributed by atoms with E-state index < -0.39 is 9.84 Å². The molecular weight excluding hydrogens is 374 g/mol. The lowest BCUT2D eigenvalue weighted by atomic mass is 10.1. The smallest absolute Gasteiger partial charge is 0.317 e. The van der Waals surface area contributed by atoms with E-state index >= 15 is 0 Å². The lowest BCUT2D eigenvalue weighted by molar-refractivity contribution is 0.201. The Morgan fingerprint density at radius 2 is 1.61 bits per heavy atom. The number of nitrogens with zero attached hydrogens (tertiary/aromatic N) is 2. The fourth-order valence-electron chi connectivity index (χ4n) is 3.36. The molecule has 1 N–H and O–H groups in total. The van der Waals surface area contributed by atoms with E-state index in [4.69, 9.17) is 0 Å². The average molecular weight is 402 g/mol. The van der Waals surface area contributed by atoms with Gasteiger partial charge in [0.15, 0.2) is 9.84 Å². The molecule has 0 unspecified atom stereocenters. The number of nitrogens with one attached hydrogen (secondary N) is 1. The number of benzene rings is 2. The zero-order valence-electron chi connectivity index (χ0n) is 16.2. The third kappa shape index (κ3) is 5.99. The van der Waals surface area contributed by atoms with Gasteiger partial charge < -0.3 is 15.1 Å². The second-order valence-electron chi connectivity index (χ2n) is 7.21. The van der Waals surface area contributed by atoms with Crippen LogP contribution in [0.1, 0.15) is 17.5 Å². The minimum absolute atomic E-state index is 0.0331. The van der Waals surface area contributed by atoms with Gasteiger partial charge in [-0.1, -0.05) is 42.5 Å². The Kier molecular flexibility index (Phi) is 6.57. The number of hydrogen-bond acceptors (Lipinski definition) is 4. The maximum Gasteiger partial charge on any atom is 0.317 e. The summed E-state index contributed by atoms with van der Waals surface area (Å²) < 4.78 is 22.7. The number of carbonyl (C=O) groups excluding carboxylic acids is 1. The summed E-state index contributed by atoms with van der Waals surface area (Å²) in [5.74, 6) is 0.0331. The van der Waals surface area contributed by atoms with E-state index in [1.165, 1.54) is 11.9 Å². The highest BCUT2D eigenvalue weighted by Crippen LogP contribution is 2.16. The number of amides is 2. The number of urea groups is 1. The van der Waals surface area contributed by atoms with Crippen molar-refractivity contribution in [3.05, 3.63) is 65.7 Å². The second kappa shape index (κ2) is 9.10. The topological polar surface area (TPSA) is 69.7 Å². The Morgan fingerprint density at radius 1 is 0.929 bits per heavy atom. The first kappa shape index (κ1) is 20.2. The Morgan fingerprint density at radius 3 is 2.29 bits per heavy atom. The molecule has 1 aliphatic heterocycles. The molecule has 0 saturated carbocycles. The molecule has 1 heterocycles. The summed E-state index contributed by atoms with van der Waals surface area (Å²) in [4.78, 5) is 16.7. The predicted octanol–water partition coefficient (Wildman–Crippen LogP) is 2.65. The Balaban J connectivity index is 1.49. The standard InChI is InChI=1S/C21H27N3O3S/c1-28(26,27)17-19-10-8-18(9-11-19)16-22-21(25)24-13-5-12-23(14-15-24)20-6-3-2-4-7-20/h2-4,6-11H,5,12-17H2,1H3,(H,22,25). The van der Waals surface area contributed by atoms with E-state index in [-0.39, 0.29) is 11.8 Å². The van der Waals surface area contributed by atoms with Crippen molar-refractivity contribution in [2.75, 3.05) is 37.3 Å². The van der Waals surface area contributed by atoms with E-state index in [2.05, 4.69) is 22.3 Å². The van der Waals surface area contributed by atoms with Crippen molar-refractivity contribution in [3.63, 3.8) is 0 Å². The Hall–Kier alpha value is -2.54. The molecule has 150 valence electrons. The predicted molar refractivity (Wildman–Crippen MR) is 112 cm³/mol. The molecule has 3 rings (SSSR count). The molecule has 2 aromatic rings. The quantitative estimate of drug-likeness (QED) is 0.836. The highest BCUT2D eigenvalue weighted by atomic mass is 32.2. The average Bonchev–Trinajstić information content (AvgIpc) is 2.93. The normalized spacial score (nSPS) is 15.2. The number of sulfone groups is 1. The van der Waals surface area contributed by atoms with Crippen LogP contribution in [-0.2, 0) is 22.1 Å². The van der Waals surface area contributed by atoms with Gasteiger partial charge in [0.1, 0.15) is 0 Å². The number of anilines is 1. The van der Waals surface area contributed by atoms with E-state index in [1.807, 2.05) is 35.2 Å². The number of para-hydroxylation sites is 1. The van der Waals surface area contributed by atoms with Crippen molar-refractivity contribution < 1.29 is 13.2 Å². The van der Waals surface area contributed by atoms with Crippen LogP contribution in [0.4, 0.5) is 10.5 Å². The maximum atomic E-state index is 12.5. The minimum Gasteiger partial charge on any atom is -0.370 e. The molecule has 1 fully saturated rings. The molecule has 0 radical (unpaired) electrons. The first-order valence-electron chi connectivity index (χ1n) is 9.49. The Bertz CT molecular complexity index is 883. The van der Waals surface area contributed by atoms with Crippen LogP contribution in [0.3, 0.4) is 0 Å². The molecule has 1 saturated heterocycles. The van der Waals surface area contributed by atoms with Gasteiger partial charge >= 0.3 is 6.03 Å². The van der Waals surface area contributed by atoms with Crippen LogP contribution in [-0.4, -0.2) is 51.8 Å². The largest absolute Gasteiger partial charge is 0.370 e. The van der Waals surface area contributed by atoms with Gasteiger partial charge in [0, 0.05) is 44.7 Å². The van der Waals surface area contributed by atoms with Gasteiger partial charge in [-0.15, -0.1) is 0 Å². The van der Waals surface area contributed by atoms with Crippen molar-refractivity contribution in [2.24, 2.45) is 0 Å². The highest BCUT2D eigenvalue weighted by molar-refractivity contribution is 7.89. The van der Waals surface area contributed by atoms with Crippen molar-refractivity contribution in [2.45, 2.75) is 18.7 Å². The van der Waals surface area contributed by atoms with Gasteiger partial charge in [0.2, 0.25) is 0 Å². The molecule has 0 spiro atoms. The van der Waals surface area contributed by atoms with Crippen molar-refractivity contribution in [1.82, 2.24) is 10.2 Å². The van der Waals surface area contributed by atoms with Crippen molar-refractivity contribution >= 4 is 21.6 Å². The fourth-order valence-corrected chi connectivity index (χ4v) is 4.16. The van der Waals surface area contributed by atoms with Crippen LogP contribution in [0.15, 0.2) is 54.6 Å². The van der Waals surface area contributed by atoms with Crippen molar-refractivity contribution in [3.8, 4) is 0 Å². The lowest BCUT2D eigenvalue weighted by Gasteiger charge is -2.24. The van der Waals surface area contributed by atoms with Crippen molar-refractivity contribution in [1.29, 1.82) is 0 Å². The number of carbonyl (C=O) groups is 1. The first-order valence-corrected chi connectivity index (χ1v) is 11.5. The SMILES string of the molecule is CS(=O)(=O)Cc1ccc(CNC(=O)N2CCCN(c3ccccc3)CC2)cc1. The molecule has 6 nitrogen and oxygen atoms in total. The van der Waals surface area contributed by atoms with E-state index in [0.717, 1.165) is 37.2 Å². The lowest BCUT2D eigenvalue weighted by Crippen LogP contribution is -2.41. The van der Waals surface area contributed by atoms with E-state index in [0.29, 0.717) is 13.1 Å². The second-order valence-corrected chi connectivity index (χ2v) is 9.35. The summed E-state index contributed by atoms with van der Waals surface area (Å²) >= 11 is 0. The number of hydrogen-bond donors (Lipinski definition) is 1. The molecule has 2 amide bonds. The maximum absolute atomic E-state index is 12.5. The molecule has 0 aromatic heterocycles. The zero-order valence-corrected chi connectivity index (χ0v) is 17.0. The van der Waals surface area contributed by atoms with Crippen LogP contribution in [0.5, 0.6) is 0 Å². The van der Waals surface area contributed by atoms with Gasteiger partial charge in [0.05, 0.1) is 5.75 Å². The molecular formula is C21H27N3O3S.